The Bertz CT molecular complexity index is 355. The van der Waals surface area contributed by atoms with Gasteiger partial charge in [0.25, 0.3) is 5.91 Å². The first-order valence-corrected chi connectivity index (χ1v) is 7.38. The molecule has 1 aromatic rings. The zero-order chi connectivity index (χ0) is 12.5. The molecule has 1 aromatic carbocycles. The molecule has 0 radical (unpaired) electrons. The average Bonchev–Trinajstić information content (AvgIpc) is 2.35. The topological polar surface area (TPSA) is 38.3 Å². The molecule has 0 aliphatic carbocycles. The SMILES string of the molecule is CCOc1ccccc1C(=O)NCCCCI. The van der Waals surface area contributed by atoms with E-state index in [4.69, 9.17) is 4.74 Å². The van der Waals surface area contributed by atoms with Crippen molar-refractivity contribution in [2.75, 3.05) is 17.6 Å². The largest absolute Gasteiger partial charge is 0.493 e. The summed E-state index contributed by atoms with van der Waals surface area (Å²) in [4.78, 5) is 11.9. The fourth-order valence-electron chi connectivity index (χ4n) is 1.45. The monoisotopic (exact) mass is 347 g/mol. The van der Waals surface area contributed by atoms with Crippen molar-refractivity contribution in [2.24, 2.45) is 0 Å². The number of hydrogen-bond acceptors (Lipinski definition) is 2. The van der Waals surface area contributed by atoms with Crippen LogP contribution in [0.5, 0.6) is 5.75 Å². The fourth-order valence-corrected chi connectivity index (χ4v) is 1.99. The summed E-state index contributed by atoms with van der Waals surface area (Å²) in [5, 5.41) is 2.91. The molecular weight excluding hydrogens is 329 g/mol. The summed E-state index contributed by atoms with van der Waals surface area (Å²) >= 11 is 2.34. The normalized spacial score (nSPS) is 10.0. The van der Waals surface area contributed by atoms with Crippen molar-refractivity contribution in [3.05, 3.63) is 29.8 Å². The molecule has 1 N–H and O–H groups in total. The summed E-state index contributed by atoms with van der Waals surface area (Å²) in [7, 11) is 0. The quantitative estimate of drug-likeness (QED) is 0.468. The zero-order valence-corrected chi connectivity index (χ0v) is 12.2. The van der Waals surface area contributed by atoms with Gasteiger partial charge in [-0.25, -0.2) is 0 Å². The molecule has 0 aliphatic heterocycles. The molecule has 0 fully saturated rings. The number of amides is 1. The Morgan fingerprint density at radius 1 is 1.35 bits per heavy atom. The summed E-state index contributed by atoms with van der Waals surface area (Å²) < 4.78 is 6.55. The molecule has 0 saturated carbocycles. The number of para-hydroxylation sites is 1. The second-order valence-corrected chi connectivity index (χ2v) is 4.66. The molecular formula is C13H18INO2. The highest BCUT2D eigenvalue weighted by atomic mass is 127. The number of rotatable bonds is 7. The molecule has 0 heterocycles. The van der Waals surface area contributed by atoms with Crippen molar-refractivity contribution >= 4 is 28.5 Å². The maximum atomic E-state index is 11.9. The summed E-state index contributed by atoms with van der Waals surface area (Å²) in [6, 6.07) is 7.34. The van der Waals surface area contributed by atoms with Crippen LogP contribution in [-0.2, 0) is 0 Å². The Hall–Kier alpha value is -0.780. The van der Waals surface area contributed by atoms with Crippen molar-refractivity contribution < 1.29 is 9.53 Å². The molecule has 0 atom stereocenters. The second kappa shape index (κ2) is 8.33. The minimum absolute atomic E-state index is 0.0532. The van der Waals surface area contributed by atoms with E-state index in [9.17, 15) is 4.79 Å². The van der Waals surface area contributed by atoms with Gasteiger partial charge in [0.15, 0.2) is 0 Å². The van der Waals surface area contributed by atoms with Crippen LogP contribution in [0.15, 0.2) is 24.3 Å². The van der Waals surface area contributed by atoms with Crippen molar-refractivity contribution in [1.82, 2.24) is 5.32 Å². The number of benzene rings is 1. The van der Waals surface area contributed by atoms with Gasteiger partial charge in [-0.05, 0) is 36.3 Å². The number of alkyl halides is 1. The third kappa shape index (κ3) is 4.93. The smallest absolute Gasteiger partial charge is 0.255 e. The zero-order valence-electron chi connectivity index (χ0n) is 10.0. The summed E-state index contributed by atoms with van der Waals surface area (Å²) in [5.74, 6) is 0.601. The van der Waals surface area contributed by atoms with Gasteiger partial charge in [-0.3, -0.25) is 4.79 Å². The van der Waals surface area contributed by atoms with Gasteiger partial charge < -0.3 is 10.1 Å². The van der Waals surface area contributed by atoms with Gasteiger partial charge >= 0.3 is 0 Å². The van der Waals surface area contributed by atoms with Crippen molar-refractivity contribution in [3.63, 3.8) is 0 Å². The third-order valence-electron chi connectivity index (χ3n) is 2.28. The van der Waals surface area contributed by atoms with Crippen LogP contribution in [0.25, 0.3) is 0 Å². The van der Waals surface area contributed by atoms with Gasteiger partial charge in [0.1, 0.15) is 5.75 Å². The standard InChI is InChI=1S/C13H18INO2/c1-2-17-12-8-4-3-7-11(12)13(16)15-10-6-5-9-14/h3-4,7-8H,2,5-6,9-10H2,1H3,(H,15,16). The lowest BCUT2D eigenvalue weighted by Gasteiger charge is -2.10. The highest BCUT2D eigenvalue weighted by Crippen LogP contribution is 2.17. The van der Waals surface area contributed by atoms with Crippen LogP contribution in [0.3, 0.4) is 0 Å². The molecule has 0 bridgehead atoms. The van der Waals surface area contributed by atoms with Crippen molar-refractivity contribution in [2.45, 2.75) is 19.8 Å². The molecule has 1 rings (SSSR count). The van der Waals surface area contributed by atoms with E-state index in [1.54, 1.807) is 6.07 Å². The van der Waals surface area contributed by atoms with Gasteiger partial charge in [0.2, 0.25) is 0 Å². The van der Waals surface area contributed by atoms with E-state index in [1.165, 1.54) is 0 Å². The summed E-state index contributed by atoms with van der Waals surface area (Å²) in [5.41, 5.74) is 0.615. The van der Waals surface area contributed by atoms with E-state index >= 15 is 0 Å². The maximum Gasteiger partial charge on any atom is 0.255 e. The number of nitrogens with one attached hydrogen (secondary N) is 1. The van der Waals surface area contributed by atoms with Crippen LogP contribution in [-0.4, -0.2) is 23.5 Å². The van der Waals surface area contributed by atoms with Gasteiger partial charge in [-0.15, -0.1) is 0 Å². The van der Waals surface area contributed by atoms with Crippen LogP contribution in [0, 0.1) is 0 Å². The molecule has 0 saturated heterocycles. The number of halogens is 1. The van der Waals surface area contributed by atoms with E-state index in [1.807, 2.05) is 25.1 Å². The lowest BCUT2D eigenvalue weighted by molar-refractivity contribution is 0.0949. The molecule has 3 nitrogen and oxygen atoms in total. The Morgan fingerprint density at radius 3 is 2.82 bits per heavy atom. The van der Waals surface area contributed by atoms with Crippen molar-refractivity contribution in [3.8, 4) is 5.75 Å². The van der Waals surface area contributed by atoms with Gasteiger partial charge in [0, 0.05) is 6.54 Å². The Balaban J connectivity index is 2.55. The molecule has 0 aliphatic rings. The third-order valence-corrected chi connectivity index (χ3v) is 3.04. The Labute approximate surface area is 116 Å². The van der Waals surface area contributed by atoms with Gasteiger partial charge in [-0.1, -0.05) is 34.7 Å². The van der Waals surface area contributed by atoms with E-state index in [0.29, 0.717) is 17.9 Å². The number of unbranched alkanes of at least 4 members (excludes halogenated alkanes) is 1. The Kier molecular flexibility index (Phi) is 7.00. The molecule has 0 aromatic heterocycles. The lowest BCUT2D eigenvalue weighted by Crippen LogP contribution is -2.25. The molecule has 4 heteroatoms. The van der Waals surface area contributed by atoms with E-state index in [0.717, 1.165) is 23.8 Å². The Morgan fingerprint density at radius 2 is 2.12 bits per heavy atom. The van der Waals surface area contributed by atoms with Crippen LogP contribution in [0.2, 0.25) is 0 Å². The lowest BCUT2D eigenvalue weighted by atomic mass is 10.2. The van der Waals surface area contributed by atoms with Crippen LogP contribution >= 0.6 is 22.6 Å². The van der Waals surface area contributed by atoms with Crippen LogP contribution < -0.4 is 10.1 Å². The predicted molar refractivity (Wildman–Crippen MR) is 78.1 cm³/mol. The number of ether oxygens (including phenoxy) is 1. The molecule has 1 amide bonds. The second-order valence-electron chi connectivity index (χ2n) is 3.58. The van der Waals surface area contributed by atoms with E-state index in [-0.39, 0.29) is 5.91 Å². The first-order valence-electron chi connectivity index (χ1n) is 5.85. The number of hydrogen-bond donors (Lipinski definition) is 1. The summed E-state index contributed by atoms with van der Waals surface area (Å²) in [6.07, 6.45) is 2.15. The van der Waals surface area contributed by atoms with Gasteiger partial charge in [-0.2, -0.15) is 0 Å². The molecule has 0 unspecified atom stereocenters. The van der Waals surface area contributed by atoms with Crippen LogP contribution in [0.4, 0.5) is 0 Å². The molecule has 17 heavy (non-hydrogen) atoms. The first-order chi connectivity index (χ1) is 8.29. The highest BCUT2D eigenvalue weighted by molar-refractivity contribution is 14.1. The minimum Gasteiger partial charge on any atom is -0.493 e. The number of carbonyl (C=O) groups is 1. The minimum atomic E-state index is -0.0532. The maximum absolute atomic E-state index is 11.9. The average molecular weight is 347 g/mol. The van der Waals surface area contributed by atoms with E-state index < -0.39 is 0 Å². The highest BCUT2D eigenvalue weighted by Gasteiger charge is 2.10. The predicted octanol–water partition coefficient (Wildman–Crippen LogP) is 3.03. The first kappa shape index (κ1) is 14.3. The number of carbonyl (C=O) groups excluding carboxylic acids is 1. The van der Waals surface area contributed by atoms with Crippen LogP contribution in [0.1, 0.15) is 30.1 Å². The van der Waals surface area contributed by atoms with Gasteiger partial charge in [0.05, 0.1) is 12.2 Å². The fraction of sp³-hybridized carbons (Fsp3) is 0.462. The van der Waals surface area contributed by atoms with Crippen molar-refractivity contribution in [1.29, 1.82) is 0 Å². The molecule has 94 valence electrons. The van der Waals surface area contributed by atoms with E-state index in [2.05, 4.69) is 27.9 Å². The molecule has 0 spiro atoms. The summed E-state index contributed by atoms with van der Waals surface area (Å²) in [6.45, 7) is 3.20.